The van der Waals surface area contributed by atoms with E-state index in [0.717, 1.165) is 57.5 Å². The van der Waals surface area contributed by atoms with Gasteiger partial charge in [-0.2, -0.15) is 0 Å². The topological polar surface area (TPSA) is 91.6 Å². The van der Waals surface area contributed by atoms with E-state index in [0.29, 0.717) is 23.9 Å². The van der Waals surface area contributed by atoms with Crippen molar-refractivity contribution in [3.8, 4) is 0 Å². The molecule has 0 aromatic carbocycles. The summed E-state index contributed by atoms with van der Waals surface area (Å²) in [6.07, 6.45) is 12.3. The molecule has 253 valence electrons. The van der Waals surface area contributed by atoms with Crippen molar-refractivity contribution >= 4 is 0 Å². The first-order valence-electron chi connectivity index (χ1n) is 18.5. The van der Waals surface area contributed by atoms with Crippen molar-refractivity contribution in [3.63, 3.8) is 0 Å². The molecule has 2 aliphatic heterocycles. The van der Waals surface area contributed by atoms with Gasteiger partial charge in [0, 0.05) is 30.5 Å². The predicted molar refractivity (Wildman–Crippen MR) is 171 cm³/mol. The number of ether oxygens (including phenoxy) is 3. The Morgan fingerprint density at radius 2 is 1.80 bits per heavy atom. The lowest BCUT2D eigenvalue weighted by molar-refractivity contribution is -0.247. The van der Waals surface area contributed by atoms with Gasteiger partial charge >= 0.3 is 0 Å². The fourth-order valence-electron chi connectivity index (χ4n) is 13.2. The summed E-state index contributed by atoms with van der Waals surface area (Å²) in [4.78, 5) is 2.62. The average Bonchev–Trinajstić information content (AvgIpc) is 3.57. The van der Waals surface area contributed by atoms with Crippen LogP contribution in [-0.2, 0) is 14.2 Å². The summed E-state index contributed by atoms with van der Waals surface area (Å²) in [5.41, 5.74) is -1.17. The predicted octanol–water partition coefficient (Wildman–Crippen LogP) is 5.81. The molecule has 2 saturated heterocycles. The molecule has 8 aliphatic rings. The minimum absolute atomic E-state index is 0.0722. The largest absolute Gasteiger partial charge is 0.389 e. The lowest BCUT2D eigenvalue weighted by Gasteiger charge is -2.63. The van der Waals surface area contributed by atoms with Crippen LogP contribution >= 0.6 is 0 Å². The normalized spacial score (nSPS) is 51.3. The van der Waals surface area contributed by atoms with Gasteiger partial charge < -0.3 is 29.5 Å². The first-order chi connectivity index (χ1) is 21.1. The molecule has 0 aromatic heterocycles. The van der Waals surface area contributed by atoms with Crippen LogP contribution < -0.4 is 0 Å². The van der Waals surface area contributed by atoms with E-state index in [-0.39, 0.29) is 45.9 Å². The molecule has 8 rings (SSSR count). The second-order valence-corrected chi connectivity index (χ2v) is 18.6. The van der Waals surface area contributed by atoms with Gasteiger partial charge in [0.15, 0.2) is 6.29 Å². The molecule has 0 aromatic rings. The van der Waals surface area contributed by atoms with Crippen molar-refractivity contribution in [2.75, 3.05) is 19.7 Å². The Morgan fingerprint density at radius 3 is 2.49 bits per heavy atom. The highest BCUT2D eigenvalue weighted by Gasteiger charge is 2.85. The van der Waals surface area contributed by atoms with E-state index in [1.54, 1.807) is 19.8 Å². The molecule has 6 aliphatic carbocycles. The summed E-state index contributed by atoms with van der Waals surface area (Å²) in [6, 6.07) is 0.733. The summed E-state index contributed by atoms with van der Waals surface area (Å²) >= 11 is 0. The molecule has 2 spiro atoms. The van der Waals surface area contributed by atoms with E-state index in [4.69, 9.17) is 14.2 Å². The van der Waals surface area contributed by atoms with E-state index in [9.17, 15) is 15.3 Å². The fourth-order valence-corrected chi connectivity index (χ4v) is 13.2. The van der Waals surface area contributed by atoms with Gasteiger partial charge in [0.1, 0.15) is 18.3 Å². The molecule has 6 saturated carbocycles. The Morgan fingerprint density at radius 1 is 1.04 bits per heavy atom. The van der Waals surface area contributed by atoms with E-state index in [2.05, 4.69) is 39.5 Å². The number of nitrogens with zero attached hydrogens (tertiary/aromatic N) is 1. The molecule has 11 atom stereocenters. The smallest absolute Gasteiger partial charge is 0.170 e. The maximum Gasteiger partial charge on any atom is 0.170 e. The van der Waals surface area contributed by atoms with E-state index in [1.807, 2.05) is 0 Å². The third-order valence-corrected chi connectivity index (χ3v) is 15.9. The molecule has 3 radical (unpaired) electrons. The van der Waals surface area contributed by atoms with Crippen LogP contribution in [0.1, 0.15) is 119 Å². The van der Waals surface area contributed by atoms with Crippen LogP contribution in [0, 0.1) is 63.0 Å². The molecule has 0 bridgehead atoms. The number of aliphatic hydroxyl groups is 3. The number of rotatable bonds is 5. The number of morpholine rings is 1. The highest BCUT2D eigenvalue weighted by molar-refractivity contribution is 5.45. The van der Waals surface area contributed by atoms with E-state index in [1.165, 1.54) is 38.5 Å². The van der Waals surface area contributed by atoms with Gasteiger partial charge in [-0.1, -0.05) is 41.0 Å². The molecular weight excluding hydrogens is 566 g/mol. The zero-order valence-electron chi connectivity index (χ0n) is 29.0. The number of hydrogen-bond donors (Lipinski definition) is 3. The molecule has 1 unspecified atom stereocenters. The second-order valence-electron chi connectivity index (χ2n) is 18.6. The van der Waals surface area contributed by atoms with Gasteiger partial charge in [0.2, 0.25) is 0 Å². The number of aliphatic hydroxyl groups excluding tert-OH is 2. The molecule has 0 amide bonds. The van der Waals surface area contributed by atoms with Gasteiger partial charge in [-0.25, -0.2) is 0 Å². The Bertz CT molecular complexity index is 1170. The number of hydrogen-bond acceptors (Lipinski definition) is 7. The van der Waals surface area contributed by atoms with Crippen molar-refractivity contribution in [2.45, 2.75) is 155 Å². The Kier molecular flexibility index (Phi) is 7.20. The zero-order valence-corrected chi connectivity index (χ0v) is 29.0. The van der Waals surface area contributed by atoms with Crippen molar-refractivity contribution < 1.29 is 29.5 Å². The Labute approximate surface area is 272 Å². The van der Waals surface area contributed by atoms with Gasteiger partial charge in [-0.15, -0.1) is 0 Å². The van der Waals surface area contributed by atoms with Crippen LogP contribution in [0.4, 0.5) is 0 Å². The first kappa shape index (κ1) is 32.0. The summed E-state index contributed by atoms with van der Waals surface area (Å²) in [5, 5.41) is 33.9. The fraction of sp³-hybridized carbons (Fsp3) is 0.921. The molecule has 3 N–H and O–H groups in total. The van der Waals surface area contributed by atoms with Crippen LogP contribution in [0.2, 0.25) is 0 Å². The average molecular weight is 627 g/mol. The van der Waals surface area contributed by atoms with Crippen LogP contribution in [0.15, 0.2) is 0 Å². The highest BCUT2D eigenvalue weighted by Crippen LogP contribution is 2.90. The minimum atomic E-state index is -1.29. The van der Waals surface area contributed by atoms with E-state index < -0.39 is 17.8 Å². The quantitative estimate of drug-likeness (QED) is 0.355. The van der Waals surface area contributed by atoms with Gasteiger partial charge in [0.05, 0.1) is 24.4 Å². The minimum Gasteiger partial charge on any atom is -0.389 e. The van der Waals surface area contributed by atoms with Crippen molar-refractivity contribution in [1.82, 2.24) is 4.90 Å². The molecular formula is C38H60NO6. The third kappa shape index (κ3) is 4.13. The standard InChI is InChI=1S/C38H60NO6/c1-22-19-24(31(40)34(4,5)42)44-30-29(22)35(6)15-16-38-21-37(38)14-13-27(45-28-20-39(17-18-43-28)23-9-8-10-23)33(2,3)25(37)11-12-26(38)36(35,7)32(30)41/h22-23,25,27-29,31-32,40-42H,8-21H2,1-7H3/t22-,25+,27?,28+,29+,31+,32+,35-,36-,37-,38+/m1/s1. The van der Waals surface area contributed by atoms with E-state index >= 15 is 0 Å². The van der Waals surface area contributed by atoms with Gasteiger partial charge in [0.25, 0.3) is 0 Å². The van der Waals surface area contributed by atoms with Crippen LogP contribution in [0.5, 0.6) is 0 Å². The number of fused-ring (bicyclic) bond motifs is 4. The Balaban J connectivity index is 1.03. The summed E-state index contributed by atoms with van der Waals surface area (Å²) in [5.74, 6) is 2.60. The lowest BCUT2D eigenvalue weighted by atomic mass is 9.41. The van der Waals surface area contributed by atoms with Crippen LogP contribution in [0.3, 0.4) is 0 Å². The van der Waals surface area contributed by atoms with Gasteiger partial charge in [-0.3, -0.25) is 4.90 Å². The second kappa shape index (κ2) is 10.1. The van der Waals surface area contributed by atoms with Crippen molar-refractivity contribution in [3.05, 3.63) is 18.1 Å². The zero-order chi connectivity index (χ0) is 31.9. The molecule has 2 heterocycles. The monoisotopic (exact) mass is 626 g/mol. The molecule has 8 fully saturated rings. The summed E-state index contributed by atoms with van der Waals surface area (Å²) in [6.45, 7) is 18.0. The van der Waals surface area contributed by atoms with Crippen molar-refractivity contribution in [1.29, 1.82) is 0 Å². The molecule has 7 heteroatoms. The van der Waals surface area contributed by atoms with Crippen molar-refractivity contribution in [2.24, 2.45) is 44.8 Å². The SMILES string of the molecule is C[C@@H]1C[C]([C@H](O)C(C)(C)O)O[C]2[C@H]1[C@@]1(C)CC[C@@]34C[C@@]35CCC(O[C@H]3CN(C6CCC6)CCO3)C(C)(C)[C@@H]5CC[C]4[C@]1(C)[C@H]2O. The van der Waals surface area contributed by atoms with Crippen LogP contribution in [0.25, 0.3) is 0 Å². The molecule has 45 heavy (non-hydrogen) atoms. The highest BCUT2D eigenvalue weighted by atomic mass is 16.7. The summed E-state index contributed by atoms with van der Waals surface area (Å²) in [7, 11) is 0. The summed E-state index contributed by atoms with van der Waals surface area (Å²) < 4.78 is 19.7. The first-order valence-corrected chi connectivity index (χ1v) is 18.5. The maximum absolute atomic E-state index is 12.4. The lowest BCUT2D eigenvalue weighted by Crippen LogP contribution is -2.59. The van der Waals surface area contributed by atoms with Crippen LogP contribution in [-0.4, -0.2) is 76.2 Å². The third-order valence-electron chi connectivity index (χ3n) is 15.9. The molecule has 7 nitrogen and oxygen atoms in total. The van der Waals surface area contributed by atoms with Gasteiger partial charge in [-0.05, 0) is 117 Å². The Hall–Kier alpha value is -0.280. The maximum atomic E-state index is 12.4.